The second kappa shape index (κ2) is 7.50. The summed E-state index contributed by atoms with van der Waals surface area (Å²) < 4.78 is 0. The van der Waals surface area contributed by atoms with Crippen LogP contribution in [0.15, 0.2) is 42.5 Å². The Morgan fingerprint density at radius 2 is 1.88 bits per heavy atom. The van der Waals surface area contributed by atoms with E-state index in [0.29, 0.717) is 17.5 Å². The lowest BCUT2D eigenvalue weighted by molar-refractivity contribution is -0.122. The molecule has 136 valence electrons. The minimum absolute atomic E-state index is 0.0553. The van der Waals surface area contributed by atoms with E-state index in [1.165, 1.54) is 5.56 Å². The smallest absolute Gasteiger partial charge is 0.229 e. The molecule has 4 nitrogen and oxygen atoms in total. The van der Waals surface area contributed by atoms with Crippen molar-refractivity contribution in [1.29, 1.82) is 0 Å². The van der Waals surface area contributed by atoms with Crippen molar-refractivity contribution in [3.63, 3.8) is 0 Å². The van der Waals surface area contributed by atoms with Crippen molar-refractivity contribution in [2.75, 3.05) is 16.8 Å². The number of carbonyl (C=O) groups is 2. The highest BCUT2D eigenvalue weighted by Gasteiger charge is 2.35. The number of amides is 2. The average Bonchev–Trinajstić information content (AvgIpc) is 3.00. The Kier molecular flexibility index (Phi) is 5.33. The standard InChI is InChI=1S/C21H23ClN2O2/c1-13(2)15-5-7-17(8-6-15)23-21(26)16-10-20(25)24(12-16)18-9-4-14(3)19(22)11-18/h4-9,11,13,16H,10,12H2,1-3H3,(H,23,26)/t16-/m1/s1. The van der Waals surface area contributed by atoms with Crippen molar-refractivity contribution in [2.45, 2.75) is 33.1 Å². The van der Waals surface area contributed by atoms with Crippen LogP contribution in [0.1, 0.15) is 37.3 Å². The van der Waals surface area contributed by atoms with Crippen LogP contribution >= 0.6 is 11.6 Å². The molecule has 1 fully saturated rings. The van der Waals surface area contributed by atoms with E-state index in [1.807, 2.05) is 43.3 Å². The number of anilines is 2. The number of aryl methyl sites for hydroxylation is 1. The highest BCUT2D eigenvalue weighted by Crippen LogP contribution is 2.29. The Morgan fingerprint density at radius 1 is 1.19 bits per heavy atom. The third-order valence-electron chi connectivity index (χ3n) is 4.81. The van der Waals surface area contributed by atoms with Crippen LogP contribution in [0.3, 0.4) is 0 Å². The maximum absolute atomic E-state index is 12.6. The van der Waals surface area contributed by atoms with Crippen molar-refractivity contribution in [2.24, 2.45) is 5.92 Å². The lowest BCUT2D eigenvalue weighted by atomic mass is 10.0. The van der Waals surface area contributed by atoms with Gasteiger partial charge in [0.2, 0.25) is 11.8 Å². The van der Waals surface area contributed by atoms with Crippen LogP contribution in [-0.2, 0) is 9.59 Å². The van der Waals surface area contributed by atoms with E-state index in [0.717, 1.165) is 16.9 Å². The molecule has 1 N–H and O–H groups in total. The molecule has 1 atom stereocenters. The molecule has 0 aromatic heterocycles. The van der Waals surface area contributed by atoms with Gasteiger partial charge in [-0.2, -0.15) is 0 Å². The maximum Gasteiger partial charge on any atom is 0.229 e. The van der Waals surface area contributed by atoms with Crippen LogP contribution in [0.4, 0.5) is 11.4 Å². The second-order valence-corrected chi connectivity index (χ2v) is 7.51. The maximum atomic E-state index is 12.6. The van der Waals surface area contributed by atoms with Gasteiger partial charge in [-0.25, -0.2) is 0 Å². The van der Waals surface area contributed by atoms with Gasteiger partial charge in [-0.1, -0.05) is 43.6 Å². The molecule has 5 heteroatoms. The number of hydrogen-bond acceptors (Lipinski definition) is 2. The number of halogens is 1. The topological polar surface area (TPSA) is 49.4 Å². The first-order valence-electron chi connectivity index (χ1n) is 8.82. The summed E-state index contributed by atoms with van der Waals surface area (Å²) in [4.78, 5) is 26.6. The van der Waals surface area contributed by atoms with Crippen molar-refractivity contribution in [1.82, 2.24) is 0 Å². The summed E-state index contributed by atoms with van der Waals surface area (Å²) in [5.74, 6) is -0.106. The molecular formula is C21H23ClN2O2. The van der Waals surface area contributed by atoms with Crippen molar-refractivity contribution in [3.05, 3.63) is 58.6 Å². The quantitative estimate of drug-likeness (QED) is 0.843. The van der Waals surface area contributed by atoms with Gasteiger partial charge < -0.3 is 10.2 Å². The summed E-state index contributed by atoms with van der Waals surface area (Å²) in [6.45, 7) is 6.54. The van der Waals surface area contributed by atoms with Crippen LogP contribution in [0.5, 0.6) is 0 Å². The molecular weight excluding hydrogens is 348 g/mol. The first-order chi connectivity index (χ1) is 12.3. The Hall–Kier alpha value is -2.33. The zero-order valence-electron chi connectivity index (χ0n) is 15.3. The van der Waals surface area contributed by atoms with E-state index < -0.39 is 0 Å². The van der Waals surface area contributed by atoms with E-state index in [4.69, 9.17) is 11.6 Å². The van der Waals surface area contributed by atoms with E-state index >= 15 is 0 Å². The predicted molar refractivity (Wildman–Crippen MR) is 106 cm³/mol. The monoisotopic (exact) mass is 370 g/mol. The molecule has 0 aliphatic carbocycles. The van der Waals surface area contributed by atoms with Crippen LogP contribution in [0.2, 0.25) is 5.02 Å². The van der Waals surface area contributed by atoms with E-state index in [1.54, 1.807) is 11.0 Å². The molecule has 1 aliphatic rings. The van der Waals surface area contributed by atoms with Crippen LogP contribution in [0, 0.1) is 12.8 Å². The first-order valence-corrected chi connectivity index (χ1v) is 9.20. The van der Waals surface area contributed by atoms with Gasteiger partial charge in [0, 0.05) is 29.4 Å². The fraction of sp³-hybridized carbons (Fsp3) is 0.333. The molecule has 2 aromatic rings. The molecule has 2 amide bonds. The number of nitrogens with zero attached hydrogens (tertiary/aromatic N) is 1. The average molecular weight is 371 g/mol. The van der Waals surface area contributed by atoms with E-state index in [9.17, 15) is 9.59 Å². The minimum atomic E-state index is -0.368. The first kappa shape index (κ1) is 18.5. The fourth-order valence-electron chi connectivity index (χ4n) is 3.08. The van der Waals surface area contributed by atoms with Gasteiger partial charge in [-0.3, -0.25) is 9.59 Å². The van der Waals surface area contributed by atoms with Crippen molar-refractivity contribution >= 4 is 34.8 Å². The predicted octanol–water partition coefficient (Wildman–Crippen LogP) is 4.76. The van der Waals surface area contributed by atoms with Crippen molar-refractivity contribution in [3.8, 4) is 0 Å². The lowest BCUT2D eigenvalue weighted by Gasteiger charge is -2.17. The molecule has 1 heterocycles. The lowest BCUT2D eigenvalue weighted by Crippen LogP contribution is -2.28. The molecule has 0 spiro atoms. The molecule has 1 saturated heterocycles. The number of hydrogen-bond donors (Lipinski definition) is 1. The van der Waals surface area contributed by atoms with Gasteiger partial charge >= 0.3 is 0 Å². The summed E-state index contributed by atoms with van der Waals surface area (Å²) in [6, 6.07) is 13.4. The third kappa shape index (κ3) is 3.91. The van der Waals surface area contributed by atoms with Gasteiger partial charge in [0.1, 0.15) is 0 Å². The molecule has 0 bridgehead atoms. The fourth-order valence-corrected chi connectivity index (χ4v) is 3.25. The highest BCUT2D eigenvalue weighted by atomic mass is 35.5. The second-order valence-electron chi connectivity index (χ2n) is 7.10. The molecule has 2 aromatic carbocycles. The molecule has 3 rings (SSSR count). The van der Waals surface area contributed by atoms with E-state index in [2.05, 4.69) is 19.2 Å². The van der Waals surface area contributed by atoms with Gasteiger partial charge in [0.05, 0.1) is 5.92 Å². The minimum Gasteiger partial charge on any atom is -0.326 e. The zero-order valence-corrected chi connectivity index (χ0v) is 16.0. The molecule has 0 saturated carbocycles. The number of nitrogens with one attached hydrogen (secondary N) is 1. The normalized spacial score (nSPS) is 17.0. The molecule has 1 aliphatic heterocycles. The van der Waals surface area contributed by atoms with Crippen LogP contribution < -0.4 is 10.2 Å². The summed E-state index contributed by atoms with van der Waals surface area (Å²) in [5.41, 5.74) is 3.67. The largest absolute Gasteiger partial charge is 0.326 e. The summed E-state index contributed by atoms with van der Waals surface area (Å²) in [5, 5.41) is 3.54. The van der Waals surface area contributed by atoms with Gasteiger partial charge in [-0.15, -0.1) is 0 Å². The van der Waals surface area contributed by atoms with Gasteiger partial charge in [0.25, 0.3) is 0 Å². The Balaban J connectivity index is 1.67. The molecule has 0 radical (unpaired) electrons. The number of benzene rings is 2. The highest BCUT2D eigenvalue weighted by molar-refractivity contribution is 6.31. The summed E-state index contributed by atoms with van der Waals surface area (Å²) in [6.07, 6.45) is 0.210. The third-order valence-corrected chi connectivity index (χ3v) is 5.22. The molecule has 0 unspecified atom stereocenters. The Morgan fingerprint density at radius 3 is 2.50 bits per heavy atom. The summed E-state index contributed by atoms with van der Waals surface area (Å²) in [7, 11) is 0. The molecule has 26 heavy (non-hydrogen) atoms. The van der Waals surface area contributed by atoms with Gasteiger partial charge in [0.15, 0.2) is 0 Å². The zero-order chi connectivity index (χ0) is 18.8. The van der Waals surface area contributed by atoms with Crippen LogP contribution in [-0.4, -0.2) is 18.4 Å². The van der Waals surface area contributed by atoms with Crippen LogP contribution in [0.25, 0.3) is 0 Å². The van der Waals surface area contributed by atoms with E-state index in [-0.39, 0.29) is 24.2 Å². The number of rotatable bonds is 4. The van der Waals surface area contributed by atoms with Crippen molar-refractivity contribution < 1.29 is 9.59 Å². The summed E-state index contributed by atoms with van der Waals surface area (Å²) >= 11 is 6.16. The number of carbonyl (C=O) groups excluding carboxylic acids is 2. The van der Waals surface area contributed by atoms with Gasteiger partial charge in [-0.05, 0) is 48.2 Å². The Bertz CT molecular complexity index is 830. The Labute approximate surface area is 159 Å². The SMILES string of the molecule is Cc1ccc(N2C[C@H](C(=O)Nc3ccc(C(C)C)cc3)CC2=O)cc1Cl.